The first kappa shape index (κ1) is 16.3. The monoisotopic (exact) mass is 298 g/mol. The molecule has 0 atom stereocenters. The summed E-state index contributed by atoms with van der Waals surface area (Å²) in [5, 5.41) is 0. The van der Waals surface area contributed by atoms with Gasteiger partial charge in [0.05, 0.1) is 24.8 Å². The number of carbonyl (C=O) groups excluding carboxylic acids is 1. The molecule has 0 unspecified atom stereocenters. The molecule has 0 saturated carbocycles. The number of pyridine rings is 1. The molecule has 0 aliphatic rings. The number of ether oxygens (including phenoxy) is 1. The first-order chi connectivity index (χ1) is 9.20. The highest BCUT2D eigenvalue weighted by molar-refractivity contribution is 5.73. The number of hydrogen-bond donors (Lipinski definition) is 1. The predicted molar refractivity (Wildman–Crippen MR) is 57.8 cm³/mol. The fraction of sp³-hybridized carbons (Fsp3) is 0.455. The number of carbonyl (C=O) groups is 1. The molecule has 9 heteroatoms. The second-order valence-electron chi connectivity index (χ2n) is 3.78. The minimum Gasteiger partial charge on any atom is -0.469 e. The van der Waals surface area contributed by atoms with Crippen molar-refractivity contribution in [2.24, 2.45) is 5.73 Å². The quantitative estimate of drug-likeness (QED) is 0.683. The van der Waals surface area contributed by atoms with Gasteiger partial charge in [-0.1, -0.05) is 0 Å². The molecule has 1 aromatic heterocycles. The van der Waals surface area contributed by atoms with Gasteiger partial charge in [-0.2, -0.15) is 13.2 Å². The Labute approximate surface area is 110 Å². The number of rotatable bonds is 4. The number of esters is 1. The lowest BCUT2D eigenvalue weighted by Gasteiger charge is -2.16. The molecule has 0 saturated heterocycles. The summed E-state index contributed by atoms with van der Waals surface area (Å²) in [4.78, 5) is 14.5. The van der Waals surface area contributed by atoms with Gasteiger partial charge in [-0.05, 0) is 11.6 Å². The standard InChI is InChI=1S/C11H11F5N2O2/c1-20-9(19)2-5-6(11(14,15)16)3-7(10(12)13)18-8(5)4-17/h3,10H,2,4,17H2,1H3. The van der Waals surface area contributed by atoms with E-state index >= 15 is 0 Å². The van der Waals surface area contributed by atoms with Gasteiger partial charge in [-0.15, -0.1) is 0 Å². The van der Waals surface area contributed by atoms with Crippen LogP contribution in [0, 0.1) is 0 Å². The summed E-state index contributed by atoms with van der Waals surface area (Å²) < 4.78 is 68.1. The number of nitrogens with two attached hydrogens (primary N) is 1. The predicted octanol–water partition coefficient (Wildman–Crippen LogP) is 2.21. The van der Waals surface area contributed by atoms with E-state index < -0.39 is 54.1 Å². The average Bonchev–Trinajstić information content (AvgIpc) is 2.36. The maximum absolute atomic E-state index is 12.9. The molecule has 0 spiro atoms. The molecule has 0 amide bonds. The fourth-order valence-corrected chi connectivity index (χ4v) is 1.59. The number of aromatic nitrogens is 1. The zero-order valence-corrected chi connectivity index (χ0v) is 10.3. The topological polar surface area (TPSA) is 65.2 Å². The minimum atomic E-state index is -4.90. The van der Waals surface area contributed by atoms with Crippen molar-refractivity contribution >= 4 is 5.97 Å². The lowest BCUT2D eigenvalue weighted by molar-refractivity contribution is -0.141. The highest BCUT2D eigenvalue weighted by atomic mass is 19.4. The van der Waals surface area contributed by atoms with Gasteiger partial charge in [-0.25, -0.2) is 8.78 Å². The molecule has 0 radical (unpaired) electrons. The van der Waals surface area contributed by atoms with Crippen LogP contribution in [0.5, 0.6) is 0 Å². The molecule has 1 heterocycles. The van der Waals surface area contributed by atoms with Crippen LogP contribution in [-0.2, 0) is 28.7 Å². The van der Waals surface area contributed by atoms with Gasteiger partial charge in [0.1, 0.15) is 5.69 Å². The van der Waals surface area contributed by atoms with Gasteiger partial charge < -0.3 is 10.5 Å². The molecule has 20 heavy (non-hydrogen) atoms. The van der Waals surface area contributed by atoms with E-state index in [-0.39, 0.29) is 6.07 Å². The van der Waals surface area contributed by atoms with Crippen LogP contribution in [0.25, 0.3) is 0 Å². The Hall–Kier alpha value is -1.77. The summed E-state index contributed by atoms with van der Waals surface area (Å²) in [5.74, 6) is -0.947. The van der Waals surface area contributed by atoms with E-state index in [1.54, 1.807) is 0 Å². The van der Waals surface area contributed by atoms with Crippen LogP contribution in [0.15, 0.2) is 6.07 Å². The molecular formula is C11H11F5N2O2. The van der Waals surface area contributed by atoms with E-state index in [4.69, 9.17) is 5.73 Å². The molecule has 4 nitrogen and oxygen atoms in total. The molecule has 0 aliphatic carbocycles. The summed E-state index contributed by atoms with van der Waals surface area (Å²) >= 11 is 0. The third kappa shape index (κ3) is 3.62. The van der Waals surface area contributed by atoms with Crippen molar-refractivity contribution in [2.75, 3.05) is 7.11 Å². The smallest absolute Gasteiger partial charge is 0.416 e. The van der Waals surface area contributed by atoms with Gasteiger partial charge in [0.2, 0.25) is 0 Å². The Balaban J connectivity index is 3.48. The largest absolute Gasteiger partial charge is 0.469 e. The normalized spacial score (nSPS) is 11.8. The number of nitrogens with zero attached hydrogens (tertiary/aromatic N) is 1. The number of hydrogen-bond acceptors (Lipinski definition) is 4. The Morgan fingerprint density at radius 1 is 1.45 bits per heavy atom. The summed E-state index contributed by atoms with van der Waals surface area (Å²) in [7, 11) is 0.999. The minimum absolute atomic E-state index is 0.224. The van der Waals surface area contributed by atoms with Crippen molar-refractivity contribution in [1.82, 2.24) is 4.98 Å². The summed E-state index contributed by atoms with van der Waals surface area (Å²) in [6, 6.07) is 0.224. The highest BCUT2D eigenvalue weighted by Gasteiger charge is 2.36. The van der Waals surface area contributed by atoms with Gasteiger partial charge in [-0.3, -0.25) is 9.78 Å². The maximum atomic E-state index is 12.9. The van der Waals surface area contributed by atoms with Crippen molar-refractivity contribution in [3.8, 4) is 0 Å². The number of halogens is 5. The fourth-order valence-electron chi connectivity index (χ4n) is 1.59. The molecule has 0 aliphatic heterocycles. The molecule has 1 aromatic rings. The summed E-state index contributed by atoms with van der Waals surface area (Å²) in [5.41, 5.74) is 1.89. The van der Waals surface area contributed by atoms with Gasteiger partial charge >= 0.3 is 12.1 Å². The molecule has 1 rings (SSSR count). The van der Waals surface area contributed by atoms with E-state index in [9.17, 15) is 26.7 Å². The number of methoxy groups -OCH3 is 1. The van der Waals surface area contributed by atoms with Crippen molar-refractivity contribution in [3.63, 3.8) is 0 Å². The highest BCUT2D eigenvalue weighted by Crippen LogP contribution is 2.35. The van der Waals surface area contributed by atoms with E-state index in [1.807, 2.05) is 0 Å². The molecule has 0 bridgehead atoms. The lowest BCUT2D eigenvalue weighted by atomic mass is 10.0. The van der Waals surface area contributed by atoms with Crippen molar-refractivity contribution in [2.45, 2.75) is 25.6 Å². The van der Waals surface area contributed by atoms with E-state index in [2.05, 4.69) is 9.72 Å². The van der Waals surface area contributed by atoms with Crippen LogP contribution in [0.4, 0.5) is 22.0 Å². The van der Waals surface area contributed by atoms with Gasteiger partial charge in [0.15, 0.2) is 0 Å². The zero-order chi connectivity index (χ0) is 15.5. The second-order valence-corrected chi connectivity index (χ2v) is 3.78. The van der Waals surface area contributed by atoms with Crippen LogP contribution >= 0.6 is 0 Å². The Morgan fingerprint density at radius 3 is 2.45 bits per heavy atom. The van der Waals surface area contributed by atoms with E-state index in [0.717, 1.165) is 7.11 Å². The first-order valence-electron chi connectivity index (χ1n) is 5.35. The van der Waals surface area contributed by atoms with Crippen molar-refractivity contribution < 1.29 is 31.5 Å². The van der Waals surface area contributed by atoms with Crippen molar-refractivity contribution in [3.05, 3.63) is 28.6 Å². The lowest BCUT2D eigenvalue weighted by Crippen LogP contribution is -2.19. The SMILES string of the molecule is COC(=O)Cc1c(C(F)(F)F)cc(C(F)F)nc1CN. The van der Waals surface area contributed by atoms with E-state index in [1.165, 1.54) is 0 Å². The summed E-state index contributed by atoms with van der Waals surface area (Å²) in [6.07, 6.45) is -8.82. The molecular weight excluding hydrogens is 287 g/mol. The molecule has 112 valence electrons. The first-order valence-corrected chi connectivity index (χ1v) is 5.35. The van der Waals surface area contributed by atoms with Crippen LogP contribution < -0.4 is 5.73 Å². The van der Waals surface area contributed by atoms with Crippen LogP contribution in [0.1, 0.15) is 28.9 Å². The summed E-state index contributed by atoms with van der Waals surface area (Å²) in [6.45, 7) is -0.504. The Morgan fingerprint density at radius 2 is 2.05 bits per heavy atom. The second kappa shape index (κ2) is 6.12. The molecule has 0 fully saturated rings. The van der Waals surface area contributed by atoms with Crippen molar-refractivity contribution in [1.29, 1.82) is 0 Å². The Kier molecular flexibility index (Phi) is 4.98. The third-order valence-corrected chi connectivity index (χ3v) is 2.50. The average molecular weight is 298 g/mol. The van der Waals surface area contributed by atoms with Gasteiger partial charge in [0.25, 0.3) is 6.43 Å². The van der Waals surface area contributed by atoms with E-state index in [0.29, 0.717) is 0 Å². The maximum Gasteiger partial charge on any atom is 0.416 e. The molecule has 0 aromatic carbocycles. The van der Waals surface area contributed by atoms with Crippen LogP contribution in [-0.4, -0.2) is 18.1 Å². The zero-order valence-electron chi connectivity index (χ0n) is 10.3. The van der Waals surface area contributed by atoms with Gasteiger partial charge in [0, 0.05) is 6.54 Å². The number of alkyl halides is 5. The molecule has 2 N–H and O–H groups in total. The van der Waals surface area contributed by atoms with Crippen LogP contribution in [0.3, 0.4) is 0 Å². The third-order valence-electron chi connectivity index (χ3n) is 2.50. The Bertz CT molecular complexity index is 502. The van der Waals surface area contributed by atoms with Crippen LogP contribution in [0.2, 0.25) is 0 Å².